The van der Waals surface area contributed by atoms with Crippen LogP contribution in [-0.2, 0) is 9.59 Å². The molecule has 0 aliphatic carbocycles. The second-order valence-corrected chi connectivity index (χ2v) is 4.80. The van der Waals surface area contributed by atoms with Crippen molar-refractivity contribution in [2.45, 2.75) is 0 Å². The summed E-state index contributed by atoms with van der Waals surface area (Å²) in [6.45, 7) is -0.131. The van der Waals surface area contributed by atoms with E-state index in [1.165, 1.54) is 29.3 Å². The lowest BCUT2D eigenvalue weighted by atomic mass is 10.3. The lowest BCUT2D eigenvalue weighted by Crippen LogP contribution is -2.54. The number of hydrogen-bond donors (Lipinski definition) is 2. The third kappa shape index (κ3) is 3.34. The van der Waals surface area contributed by atoms with Gasteiger partial charge in [-0.2, -0.15) is 0 Å². The number of carbonyl (C=O) groups is 2. The minimum absolute atomic E-state index is 0.0118. The zero-order valence-corrected chi connectivity index (χ0v) is 12.0. The standard InChI is InChI=1S/C16H13FN4O2/c17-11-6-8-12(9-7-11)19-16(23)15-18-10-14(22)21(20-15)13-4-2-1-3-5-13/h1-9H,10H2,(H,18,20)(H,19,23). The number of anilines is 2. The number of hydrazine groups is 1. The van der Waals surface area contributed by atoms with Crippen molar-refractivity contribution in [2.24, 2.45) is 4.99 Å². The van der Waals surface area contributed by atoms with Crippen LogP contribution in [0.3, 0.4) is 0 Å². The highest BCUT2D eigenvalue weighted by atomic mass is 19.1. The van der Waals surface area contributed by atoms with Crippen molar-refractivity contribution in [3.63, 3.8) is 0 Å². The summed E-state index contributed by atoms with van der Waals surface area (Å²) in [6, 6.07) is 14.2. The van der Waals surface area contributed by atoms with Crippen LogP contribution in [0, 0.1) is 5.82 Å². The zero-order valence-electron chi connectivity index (χ0n) is 12.0. The minimum Gasteiger partial charge on any atom is -0.319 e. The van der Waals surface area contributed by atoms with Gasteiger partial charge in [0.25, 0.3) is 11.8 Å². The molecule has 0 saturated carbocycles. The first-order valence-corrected chi connectivity index (χ1v) is 6.89. The van der Waals surface area contributed by atoms with Crippen molar-refractivity contribution in [1.82, 2.24) is 5.43 Å². The first-order valence-electron chi connectivity index (χ1n) is 6.89. The number of para-hydroxylation sites is 1. The number of amidine groups is 1. The molecule has 0 saturated heterocycles. The molecule has 7 heteroatoms. The Balaban J connectivity index is 1.74. The molecule has 0 radical (unpaired) electrons. The zero-order chi connectivity index (χ0) is 16.2. The van der Waals surface area contributed by atoms with Gasteiger partial charge in [-0.25, -0.2) is 9.40 Å². The maximum Gasteiger partial charge on any atom is 0.292 e. The van der Waals surface area contributed by atoms with Gasteiger partial charge in [0.1, 0.15) is 12.4 Å². The molecule has 1 aliphatic heterocycles. The number of benzene rings is 2. The van der Waals surface area contributed by atoms with Gasteiger partial charge < -0.3 is 5.32 Å². The summed E-state index contributed by atoms with van der Waals surface area (Å²) >= 11 is 0. The van der Waals surface area contributed by atoms with E-state index in [0.29, 0.717) is 11.4 Å². The highest BCUT2D eigenvalue weighted by Gasteiger charge is 2.25. The van der Waals surface area contributed by atoms with E-state index in [1.54, 1.807) is 24.3 Å². The second-order valence-electron chi connectivity index (χ2n) is 4.80. The molecule has 0 aromatic heterocycles. The molecule has 3 rings (SSSR count). The van der Waals surface area contributed by atoms with Crippen LogP contribution in [0.25, 0.3) is 0 Å². The second kappa shape index (κ2) is 6.27. The Hall–Kier alpha value is -3.22. The molecule has 2 N–H and O–H groups in total. The summed E-state index contributed by atoms with van der Waals surface area (Å²) in [5, 5.41) is 3.86. The fourth-order valence-electron chi connectivity index (χ4n) is 2.05. The van der Waals surface area contributed by atoms with Crippen LogP contribution in [0.5, 0.6) is 0 Å². The van der Waals surface area contributed by atoms with E-state index in [2.05, 4.69) is 15.7 Å². The average Bonchev–Trinajstić information content (AvgIpc) is 2.58. The molecule has 2 aromatic carbocycles. The predicted molar refractivity (Wildman–Crippen MR) is 84.4 cm³/mol. The van der Waals surface area contributed by atoms with Gasteiger partial charge >= 0.3 is 0 Å². The quantitative estimate of drug-likeness (QED) is 0.906. The summed E-state index contributed by atoms with van der Waals surface area (Å²) in [6.07, 6.45) is 0. The summed E-state index contributed by atoms with van der Waals surface area (Å²) in [5.41, 5.74) is 3.74. The van der Waals surface area contributed by atoms with Gasteiger partial charge in [-0.1, -0.05) is 18.2 Å². The van der Waals surface area contributed by atoms with E-state index in [0.717, 1.165) is 0 Å². The highest BCUT2D eigenvalue weighted by molar-refractivity contribution is 6.43. The van der Waals surface area contributed by atoms with Crippen LogP contribution in [0.2, 0.25) is 0 Å². The predicted octanol–water partition coefficient (Wildman–Crippen LogP) is 1.71. The Morgan fingerprint density at radius 3 is 2.52 bits per heavy atom. The number of nitrogens with one attached hydrogen (secondary N) is 2. The molecule has 0 bridgehead atoms. The number of rotatable bonds is 3. The van der Waals surface area contributed by atoms with Crippen LogP contribution < -0.4 is 15.8 Å². The van der Waals surface area contributed by atoms with Gasteiger partial charge in [0, 0.05) is 5.69 Å². The normalized spacial score (nSPS) is 14.0. The molecule has 0 fully saturated rings. The van der Waals surface area contributed by atoms with E-state index in [9.17, 15) is 14.0 Å². The molecule has 116 valence electrons. The molecule has 0 unspecified atom stereocenters. The number of halogens is 1. The van der Waals surface area contributed by atoms with Crippen LogP contribution in [-0.4, -0.2) is 24.2 Å². The molecular weight excluding hydrogens is 299 g/mol. The van der Waals surface area contributed by atoms with E-state index >= 15 is 0 Å². The molecule has 1 aliphatic rings. The third-order valence-corrected chi connectivity index (χ3v) is 3.17. The lowest BCUT2D eigenvalue weighted by Gasteiger charge is -2.27. The monoisotopic (exact) mass is 312 g/mol. The molecule has 0 atom stereocenters. The van der Waals surface area contributed by atoms with Crippen molar-refractivity contribution < 1.29 is 14.0 Å². The Labute approximate surface area is 131 Å². The number of nitrogens with zero attached hydrogens (tertiary/aromatic N) is 2. The Bertz CT molecular complexity index is 759. The van der Waals surface area contributed by atoms with Gasteiger partial charge in [0.15, 0.2) is 0 Å². The van der Waals surface area contributed by atoms with Crippen molar-refractivity contribution >= 4 is 29.0 Å². The molecule has 2 amide bonds. The van der Waals surface area contributed by atoms with Gasteiger partial charge in [0.05, 0.1) is 5.69 Å². The number of hydrogen-bond acceptors (Lipinski definition) is 4. The average molecular weight is 312 g/mol. The molecule has 2 aromatic rings. The fourth-order valence-corrected chi connectivity index (χ4v) is 2.05. The number of amides is 2. The molecule has 23 heavy (non-hydrogen) atoms. The van der Waals surface area contributed by atoms with E-state index in [4.69, 9.17) is 0 Å². The maximum absolute atomic E-state index is 12.9. The number of aliphatic imine (C=N–C) groups is 1. The Kier molecular flexibility index (Phi) is 4.01. The van der Waals surface area contributed by atoms with E-state index in [1.807, 2.05) is 6.07 Å². The molecule has 6 nitrogen and oxygen atoms in total. The Morgan fingerprint density at radius 1 is 1.13 bits per heavy atom. The summed E-state index contributed by atoms with van der Waals surface area (Å²) < 4.78 is 12.9. The lowest BCUT2D eigenvalue weighted by molar-refractivity contribution is -0.118. The largest absolute Gasteiger partial charge is 0.319 e. The smallest absolute Gasteiger partial charge is 0.292 e. The van der Waals surface area contributed by atoms with Crippen molar-refractivity contribution in [2.75, 3.05) is 16.9 Å². The number of carbonyl (C=O) groups excluding carboxylic acids is 2. The molecule has 0 spiro atoms. The maximum atomic E-state index is 12.9. The fraction of sp³-hybridized carbons (Fsp3) is 0.0625. The van der Waals surface area contributed by atoms with Crippen LogP contribution in [0.1, 0.15) is 0 Å². The van der Waals surface area contributed by atoms with E-state index < -0.39 is 11.7 Å². The highest BCUT2D eigenvalue weighted by Crippen LogP contribution is 2.14. The third-order valence-electron chi connectivity index (χ3n) is 3.17. The van der Waals surface area contributed by atoms with Gasteiger partial charge in [0.2, 0.25) is 5.84 Å². The van der Waals surface area contributed by atoms with Crippen molar-refractivity contribution in [1.29, 1.82) is 0 Å². The topological polar surface area (TPSA) is 73.8 Å². The van der Waals surface area contributed by atoms with Gasteiger partial charge in [-0.05, 0) is 36.4 Å². The van der Waals surface area contributed by atoms with E-state index in [-0.39, 0.29) is 18.3 Å². The van der Waals surface area contributed by atoms with Crippen LogP contribution in [0.15, 0.2) is 59.6 Å². The summed E-state index contributed by atoms with van der Waals surface area (Å²) in [7, 11) is 0. The first-order chi connectivity index (χ1) is 11.1. The Morgan fingerprint density at radius 2 is 1.83 bits per heavy atom. The first kappa shape index (κ1) is 14.7. The molecule has 1 heterocycles. The summed E-state index contributed by atoms with van der Waals surface area (Å²) in [5.74, 6) is -1.16. The molecular formula is C16H13FN4O2. The van der Waals surface area contributed by atoms with Crippen molar-refractivity contribution in [3.05, 3.63) is 60.4 Å². The van der Waals surface area contributed by atoms with Crippen LogP contribution in [0.4, 0.5) is 15.8 Å². The van der Waals surface area contributed by atoms with Crippen LogP contribution >= 0.6 is 0 Å². The van der Waals surface area contributed by atoms with Crippen molar-refractivity contribution in [3.8, 4) is 0 Å². The SMILES string of the molecule is O=C(Nc1ccc(F)cc1)C1=NCC(=O)N(c2ccccc2)N1. The minimum atomic E-state index is -0.509. The van der Waals surface area contributed by atoms with Gasteiger partial charge in [-0.3, -0.25) is 20.0 Å². The summed E-state index contributed by atoms with van der Waals surface area (Å²) in [4.78, 5) is 28.1. The van der Waals surface area contributed by atoms with Gasteiger partial charge in [-0.15, -0.1) is 0 Å².